The van der Waals surface area contributed by atoms with Crippen LogP contribution < -0.4 is 5.56 Å². The van der Waals surface area contributed by atoms with Crippen LogP contribution in [0.5, 0.6) is 0 Å². The van der Waals surface area contributed by atoms with E-state index in [9.17, 15) is 25.0 Å². The summed E-state index contributed by atoms with van der Waals surface area (Å²) in [5, 5.41) is 20.9. The van der Waals surface area contributed by atoms with E-state index in [1.54, 1.807) is 42.5 Å². The molecule has 180 valence electrons. The number of benzene rings is 1. The molecule has 1 N–H and O–H groups in total. The molecule has 0 spiro atoms. The van der Waals surface area contributed by atoms with Crippen LogP contribution in [-0.2, 0) is 16.1 Å². The van der Waals surface area contributed by atoms with Crippen molar-refractivity contribution in [2.45, 2.75) is 26.4 Å². The van der Waals surface area contributed by atoms with Gasteiger partial charge in [-0.15, -0.1) is 0 Å². The van der Waals surface area contributed by atoms with E-state index in [2.05, 4.69) is 4.98 Å². The van der Waals surface area contributed by atoms with Crippen LogP contribution in [0.4, 0.5) is 5.69 Å². The molecule has 2 heterocycles. The van der Waals surface area contributed by atoms with Crippen molar-refractivity contribution in [3.63, 3.8) is 0 Å². The molecule has 0 saturated heterocycles. The predicted molar refractivity (Wildman–Crippen MR) is 127 cm³/mol. The summed E-state index contributed by atoms with van der Waals surface area (Å²) in [7, 11) is 1.31. The molecule has 0 radical (unpaired) electrons. The number of nitriles is 1. The zero-order chi connectivity index (χ0) is 25.4. The summed E-state index contributed by atoms with van der Waals surface area (Å²) in [5.74, 6) is 0.494. The topological polar surface area (TPSA) is 148 Å². The lowest BCUT2D eigenvalue weighted by atomic mass is 10.1. The van der Waals surface area contributed by atoms with Gasteiger partial charge in [0.05, 0.1) is 29.3 Å². The molecule has 0 aliphatic carbocycles. The largest absolute Gasteiger partial charge is 0.462 e. The molecule has 35 heavy (non-hydrogen) atoms. The summed E-state index contributed by atoms with van der Waals surface area (Å²) in [6.07, 6.45) is 4.53. The lowest BCUT2D eigenvalue weighted by Crippen LogP contribution is -2.18. The van der Waals surface area contributed by atoms with Gasteiger partial charge >= 0.3 is 5.97 Å². The number of unbranched alkanes of at least 4 members (excludes halogenated alkanes) is 1. The maximum atomic E-state index is 12.2. The third-order valence-electron chi connectivity index (χ3n) is 5.08. The Labute approximate surface area is 200 Å². The summed E-state index contributed by atoms with van der Waals surface area (Å²) in [5.41, 5.74) is -0.582. The van der Waals surface area contributed by atoms with E-state index in [0.29, 0.717) is 23.7 Å². The van der Waals surface area contributed by atoms with E-state index in [1.165, 1.54) is 19.3 Å². The first-order valence-corrected chi connectivity index (χ1v) is 10.8. The van der Waals surface area contributed by atoms with Crippen molar-refractivity contribution in [1.29, 1.82) is 5.26 Å². The van der Waals surface area contributed by atoms with E-state index >= 15 is 0 Å². The first-order valence-electron chi connectivity index (χ1n) is 10.8. The van der Waals surface area contributed by atoms with Crippen LogP contribution in [0.2, 0.25) is 0 Å². The highest BCUT2D eigenvalue weighted by Crippen LogP contribution is 2.27. The van der Waals surface area contributed by atoms with Crippen LogP contribution in [0.25, 0.3) is 23.5 Å². The van der Waals surface area contributed by atoms with Crippen molar-refractivity contribution < 1.29 is 23.6 Å². The van der Waals surface area contributed by atoms with Gasteiger partial charge in [0.25, 0.3) is 11.2 Å². The average molecular weight is 477 g/mol. The Kier molecular flexibility index (Phi) is 8.32. The minimum atomic E-state index is -0.752. The molecule has 10 nitrogen and oxygen atoms in total. The second kappa shape index (κ2) is 11.6. The van der Waals surface area contributed by atoms with Gasteiger partial charge in [-0.2, -0.15) is 5.26 Å². The quantitative estimate of drug-likeness (QED) is 0.191. The Morgan fingerprint density at radius 1 is 1.23 bits per heavy atom. The number of nitrogens with one attached hydrogen (secondary N) is 1. The molecule has 3 aromatic rings. The Bertz CT molecular complexity index is 1340. The Hall–Kier alpha value is -4.49. The van der Waals surface area contributed by atoms with Crippen LogP contribution in [0.15, 0.2) is 45.6 Å². The monoisotopic (exact) mass is 477 g/mol. The number of esters is 1. The number of nitrogens with zero attached hydrogens (tertiary/aromatic N) is 2. The van der Waals surface area contributed by atoms with Gasteiger partial charge in [0, 0.05) is 12.7 Å². The molecule has 0 bridgehead atoms. The zero-order valence-corrected chi connectivity index (χ0v) is 19.2. The summed E-state index contributed by atoms with van der Waals surface area (Å²) in [6.45, 7) is 2.12. The first kappa shape index (κ1) is 25.1. The van der Waals surface area contributed by atoms with Crippen molar-refractivity contribution in [1.82, 2.24) is 4.98 Å². The first-order chi connectivity index (χ1) is 16.9. The highest BCUT2D eigenvalue weighted by Gasteiger charge is 2.25. The number of ether oxygens (including phenoxy) is 2. The van der Waals surface area contributed by atoms with E-state index in [4.69, 9.17) is 13.9 Å². The zero-order valence-electron chi connectivity index (χ0n) is 19.2. The fraction of sp³-hybridized carbons (Fsp3) is 0.240. The molecule has 0 saturated carbocycles. The number of aromatic nitrogens is 1. The number of hydrogen-bond donors (Lipinski definition) is 1. The number of carbonyl (C=O) groups is 1. The lowest BCUT2D eigenvalue weighted by Gasteiger charge is -2.06. The molecule has 10 heteroatoms. The molecule has 0 aliphatic rings. The van der Waals surface area contributed by atoms with Gasteiger partial charge in [0.15, 0.2) is 0 Å². The van der Waals surface area contributed by atoms with Gasteiger partial charge in [-0.05, 0) is 42.8 Å². The van der Waals surface area contributed by atoms with Gasteiger partial charge in [0.1, 0.15) is 28.8 Å². The highest BCUT2D eigenvalue weighted by molar-refractivity contribution is 5.90. The number of H-pyrrole nitrogens is 1. The molecule has 0 fully saturated rings. The molecule has 0 atom stereocenters. The fourth-order valence-electron chi connectivity index (χ4n) is 3.32. The number of nitro groups is 1. The molecule has 1 aromatic carbocycles. The van der Waals surface area contributed by atoms with Gasteiger partial charge in [-0.3, -0.25) is 14.9 Å². The summed E-state index contributed by atoms with van der Waals surface area (Å²) in [6, 6.07) is 11.8. The SMILES string of the molecule is CCCCOC(=O)c1ccc(-c2ccc(/C=C/c3[nH]c(=O)c(C#N)c(COC)c3[N+](=O)[O-])o2)cc1. The molecular formula is C25H23N3O7. The minimum absolute atomic E-state index is 0.0880. The van der Waals surface area contributed by atoms with Crippen molar-refractivity contribution >= 4 is 23.8 Å². The minimum Gasteiger partial charge on any atom is -0.462 e. The third kappa shape index (κ3) is 5.90. The fourth-order valence-corrected chi connectivity index (χ4v) is 3.32. The molecule has 3 rings (SSSR count). The number of rotatable bonds is 10. The maximum absolute atomic E-state index is 12.2. The lowest BCUT2D eigenvalue weighted by molar-refractivity contribution is -0.386. The van der Waals surface area contributed by atoms with Gasteiger partial charge in [-0.25, -0.2) is 4.79 Å². The van der Waals surface area contributed by atoms with Crippen molar-refractivity contribution in [2.75, 3.05) is 13.7 Å². The third-order valence-corrected chi connectivity index (χ3v) is 5.08. The van der Waals surface area contributed by atoms with E-state index < -0.39 is 16.2 Å². The van der Waals surface area contributed by atoms with Gasteiger partial charge in [-0.1, -0.05) is 25.5 Å². The summed E-state index contributed by atoms with van der Waals surface area (Å²) >= 11 is 0. The Morgan fingerprint density at radius 3 is 2.60 bits per heavy atom. The highest BCUT2D eigenvalue weighted by atomic mass is 16.6. The van der Waals surface area contributed by atoms with Crippen LogP contribution in [0.1, 0.15) is 52.7 Å². The second-order valence-corrected chi connectivity index (χ2v) is 7.47. The standard InChI is InChI=1S/C25H23N3O7/c1-3-4-13-34-25(30)17-7-5-16(6-8-17)22-12-10-18(35-22)9-11-21-23(28(31)32)20(15-33-2)19(14-26)24(29)27-21/h5-12H,3-4,13,15H2,1-2H3,(H,27,29)/b11-9+. The van der Waals surface area contributed by atoms with Crippen LogP contribution in [0, 0.1) is 21.4 Å². The molecule has 0 unspecified atom stereocenters. The van der Waals surface area contributed by atoms with Crippen LogP contribution in [0.3, 0.4) is 0 Å². The Balaban J connectivity index is 1.84. The summed E-state index contributed by atoms with van der Waals surface area (Å²) < 4.78 is 15.9. The predicted octanol–water partition coefficient (Wildman–Crippen LogP) is 4.69. The smallest absolute Gasteiger partial charge is 0.338 e. The van der Waals surface area contributed by atoms with E-state index in [1.807, 2.05) is 6.92 Å². The Morgan fingerprint density at radius 2 is 1.97 bits per heavy atom. The molecule has 2 aromatic heterocycles. The van der Waals surface area contributed by atoms with E-state index in [-0.39, 0.29) is 29.4 Å². The van der Waals surface area contributed by atoms with Crippen molar-refractivity contribution in [3.8, 4) is 17.4 Å². The van der Waals surface area contributed by atoms with Gasteiger partial charge < -0.3 is 18.9 Å². The number of aromatic amines is 1. The average Bonchev–Trinajstić information content (AvgIpc) is 3.32. The second-order valence-electron chi connectivity index (χ2n) is 7.47. The number of hydrogen-bond acceptors (Lipinski definition) is 8. The normalized spacial score (nSPS) is 10.9. The molecule has 0 aliphatic heterocycles. The maximum Gasteiger partial charge on any atom is 0.338 e. The summed E-state index contributed by atoms with van der Waals surface area (Å²) in [4.78, 5) is 37.7. The van der Waals surface area contributed by atoms with Crippen LogP contribution in [-0.4, -0.2) is 29.6 Å². The molecular weight excluding hydrogens is 454 g/mol. The van der Waals surface area contributed by atoms with Gasteiger partial charge in [0.2, 0.25) is 0 Å². The number of furan rings is 1. The number of carbonyl (C=O) groups excluding carboxylic acids is 1. The number of methoxy groups -OCH3 is 1. The van der Waals surface area contributed by atoms with Crippen molar-refractivity contribution in [2.24, 2.45) is 0 Å². The van der Waals surface area contributed by atoms with Crippen LogP contribution >= 0.6 is 0 Å². The van der Waals surface area contributed by atoms with Crippen molar-refractivity contribution in [3.05, 3.63) is 85.0 Å². The molecule has 0 amide bonds. The number of pyridine rings is 1. The van der Waals surface area contributed by atoms with E-state index in [0.717, 1.165) is 18.4 Å².